The van der Waals surface area contributed by atoms with Crippen LogP contribution >= 0.6 is 0 Å². The lowest BCUT2D eigenvalue weighted by molar-refractivity contribution is 0.150. The summed E-state index contributed by atoms with van der Waals surface area (Å²) in [7, 11) is 3.74. The van der Waals surface area contributed by atoms with Crippen molar-refractivity contribution in [2.24, 2.45) is 16.5 Å². The van der Waals surface area contributed by atoms with Gasteiger partial charge in [-0.05, 0) is 24.7 Å². The molecule has 0 saturated heterocycles. The fourth-order valence-electron chi connectivity index (χ4n) is 1.59. The Labute approximate surface area is 120 Å². The smallest absolute Gasteiger partial charge is 0.186 e. The van der Waals surface area contributed by atoms with Gasteiger partial charge in [-0.1, -0.05) is 12.1 Å². The summed E-state index contributed by atoms with van der Waals surface area (Å²) in [5, 5.41) is 0. The number of rotatable bonds is 9. The first-order chi connectivity index (χ1) is 9.61. The zero-order chi connectivity index (χ0) is 14.8. The van der Waals surface area contributed by atoms with Gasteiger partial charge in [0.1, 0.15) is 12.4 Å². The van der Waals surface area contributed by atoms with Crippen LogP contribution in [0.15, 0.2) is 29.3 Å². The van der Waals surface area contributed by atoms with E-state index in [2.05, 4.69) is 9.89 Å². The number of nitrogens with zero attached hydrogens (tertiary/aromatic N) is 2. The Balaban J connectivity index is 2.36. The highest BCUT2D eigenvalue weighted by atomic mass is 16.5. The van der Waals surface area contributed by atoms with E-state index in [0.29, 0.717) is 13.2 Å². The van der Waals surface area contributed by atoms with Crippen molar-refractivity contribution in [1.82, 2.24) is 4.90 Å². The van der Waals surface area contributed by atoms with E-state index in [1.807, 2.05) is 31.3 Å². The average molecular weight is 280 g/mol. The van der Waals surface area contributed by atoms with Crippen molar-refractivity contribution < 1.29 is 9.47 Å². The monoisotopic (exact) mass is 280 g/mol. The number of ether oxygens (including phenoxy) is 2. The highest BCUT2D eigenvalue weighted by Crippen LogP contribution is 2.13. The Morgan fingerprint density at radius 3 is 2.70 bits per heavy atom. The maximum atomic E-state index is 5.71. The quantitative estimate of drug-likeness (QED) is 0.505. The third kappa shape index (κ3) is 6.96. The van der Waals surface area contributed by atoms with Gasteiger partial charge in [0.25, 0.3) is 0 Å². The molecule has 0 aromatic heterocycles. The molecule has 0 aliphatic heterocycles. The highest BCUT2D eigenvalue weighted by molar-refractivity contribution is 5.75. The molecule has 0 bridgehead atoms. The zero-order valence-electron chi connectivity index (χ0n) is 12.2. The van der Waals surface area contributed by atoms with E-state index < -0.39 is 0 Å². The minimum Gasteiger partial charge on any atom is -0.492 e. The summed E-state index contributed by atoms with van der Waals surface area (Å²) in [6.45, 7) is 3.57. The van der Waals surface area contributed by atoms with Crippen molar-refractivity contribution in [3.63, 3.8) is 0 Å². The van der Waals surface area contributed by atoms with Crippen LogP contribution in [0.2, 0.25) is 0 Å². The molecule has 1 aromatic rings. The predicted molar refractivity (Wildman–Crippen MR) is 80.8 cm³/mol. The molecule has 0 atom stereocenters. The summed E-state index contributed by atoms with van der Waals surface area (Å²) < 4.78 is 10.7. The summed E-state index contributed by atoms with van der Waals surface area (Å²) in [5.74, 6) is 0.921. The number of nitrogens with two attached hydrogens (primary N) is 2. The van der Waals surface area contributed by atoms with Gasteiger partial charge in [0, 0.05) is 20.2 Å². The first-order valence-corrected chi connectivity index (χ1v) is 6.56. The number of aliphatic imine (C=N–C) groups is 1. The van der Waals surface area contributed by atoms with Crippen molar-refractivity contribution in [3.05, 3.63) is 29.8 Å². The van der Waals surface area contributed by atoms with E-state index >= 15 is 0 Å². The summed E-state index contributed by atoms with van der Waals surface area (Å²) in [5.41, 5.74) is 11.6. The van der Waals surface area contributed by atoms with Gasteiger partial charge in [-0.3, -0.25) is 0 Å². The molecule has 0 spiro atoms. The number of hydrogen-bond acceptors (Lipinski definition) is 4. The Bertz CT molecular complexity index is 419. The van der Waals surface area contributed by atoms with Crippen LogP contribution in [0.1, 0.15) is 5.56 Å². The molecule has 112 valence electrons. The normalized spacial score (nSPS) is 10.6. The second-order valence-electron chi connectivity index (χ2n) is 4.53. The van der Waals surface area contributed by atoms with Crippen LogP contribution in [0.4, 0.5) is 0 Å². The van der Waals surface area contributed by atoms with Crippen molar-refractivity contribution in [2.45, 2.75) is 6.54 Å². The molecule has 0 fully saturated rings. The largest absolute Gasteiger partial charge is 0.492 e. The second-order valence-corrected chi connectivity index (χ2v) is 4.53. The number of hydrogen-bond donors (Lipinski definition) is 2. The van der Waals surface area contributed by atoms with E-state index in [-0.39, 0.29) is 5.96 Å². The topological polar surface area (TPSA) is 86.1 Å². The van der Waals surface area contributed by atoms with Crippen molar-refractivity contribution >= 4 is 5.96 Å². The Hall–Kier alpha value is -1.79. The molecule has 1 aromatic carbocycles. The number of likely N-dealkylation sites (N-methyl/N-ethyl adjacent to an activating group) is 1. The summed E-state index contributed by atoms with van der Waals surface area (Å²) in [4.78, 5) is 6.13. The highest BCUT2D eigenvalue weighted by Gasteiger charge is 2.00. The van der Waals surface area contributed by atoms with E-state index in [1.54, 1.807) is 7.11 Å². The molecule has 1 rings (SSSR count). The summed E-state index contributed by atoms with van der Waals surface area (Å²) in [6.07, 6.45) is 0. The van der Waals surface area contributed by atoms with Crippen molar-refractivity contribution in [1.29, 1.82) is 0 Å². The van der Waals surface area contributed by atoms with Crippen LogP contribution in [-0.4, -0.2) is 51.3 Å². The third-order valence-corrected chi connectivity index (χ3v) is 2.76. The number of methoxy groups -OCH3 is 1. The Morgan fingerprint density at radius 1 is 1.25 bits per heavy atom. The van der Waals surface area contributed by atoms with Gasteiger partial charge in [-0.15, -0.1) is 0 Å². The van der Waals surface area contributed by atoms with Gasteiger partial charge in [-0.25, -0.2) is 4.99 Å². The zero-order valence-corrected chi connectivity index (χ0v) is 12.2. The lowest BCUT2D eigenvalue weighted by Crippen LogP contribution is -2.27. The van der Waals surface area contributed by atoms with Crippen LogP contribution < -0.4 is 16.2 Å². The van der Waals surface area contributed by atoms with E-state index in [9.17, 15) is 0 Å². The van der Waals surface area contributed by atoms with E-state index in [4.69, 9.17) is 20.9 Å². The molecule has 4 N–H and O–H groups in total. The van der Waals surface area contributed by atoms with Gasteiger partial charge < -0.3 is 25.8 Å². The molecule has 0 amide bonds. The average Bonchev–Trinajstić information content (AvgIpc) is 2.43. The van der Waals surface area contributed by atoms with Crippen molar-refractivity contribution in [3.8, 4) is 5.75 Å². The summed E-state index contributed by atoms with van der Waals surface area (Å²) in [6, 6.07) is 7.77. The molecule has 0 aliphatic carbocycles. The second kappa shape index (κ2) is 9.17. The first kappa shape index (κ1) is 16.3. The summed E-state index contributed by atoms with van der Waals surface area (Å²) >= 11 is 0. The van der Waals surface area contributed by atoms with Gasteiger partial charge in [0.2, 0.25) is 0 Å². The molecule has 0 aliphatic rings. The molecule has 20 heavy (non-hydrogen) atoms. The van der Waals surface area contributed by atoms with Gasteiger partial charge >= 0.3 is 0 Å². The molecule has 0 heterocycles. The van der Waals surface area contributed by atoms with Crippen LogP contribution in [-0.2, 0) is 11.3 Å². The fraction of sp³-hybridized carbons (Fsp3) is 0.500. The van der Waals surface area contributed by atoms with Gasteiger partial charge in [0.15, 0.2) is 5.96 Å². The standard InChI is InChI=1S/C14H24N4O2/c1-18(6-8-19-2)7-9-20-13-5-3-4-12(10-13)11-17-14(15)16/h3-5,10H,6-9,11H2,1-2H3,(H4,15,16,17). The predicted octanol–water partition coefficient (Wildman–Crippen LogP) is 0.417. The molecule has 6 nitrogen and oxygen atoms in total. The number of benzene rings is 1. The molecule has 6 heteroatoms. The Kier molecular flexibility index (Phi) is 7.46. The lowest BCUT2D eigenvalue weighted by atomic mass is 10.2. The minimum atomic E-state index is 0.0936. The molecular formula is C14H24N4O2. The maximum Gasteiger partial charge on any atom is 0.186 e. The molecule has 0 radical (unpaired) electrons. The SMILES string of the molecule is COCCN(C)CCOc1cccc(CN=C(N)N)c1. The van der Waals surface area contributed by atoms with E-state index in [0.717, 1.165) is 31.0 Å². The maximum absolute atomic E-state index is 5.71. The third-order valence-electron chi connectivity index (χ3n) is 2.76. The van der Waals surface area contributed by atoms with Crippen LogP contribution in [0, 0.1) is 0 Å². The van der Waals surface area contributed by atoms with E-state index in [1.165, 1.54) is 0 Å². The Morgan fingerprint density at radius 2 is 2.00 bits per heavy atom. The molecule has 0 saturated carbocycles. The fourth-order valence-corrected chi connectivity index (χ4v) is 1.59. The minimum absolute atomic E-state index is 0.0936. The van der Waals surface area contributed by atoms with Gasteiger partial charge in [0.05, 0.1) is 13.2 Å². The van der Waals surface area contributed by atoms with Gasteiger partial charge in [-0.2, -0.15) is 0 Å². The van der Waals surface area contributed by atoms with Crippen LogP contribution in [0.3, 0.4) is 0 Å². The lowest BCUT2D eigenvalue weighted by Gasteiger charge is -2.16. The molecule has 0 unspecified atom stereocenters. The van der Waals surface area contributed by atoms with Crippen molar-refractivity contribution in [2.75, 3.05) is 40.5 Å². The van der Waals surface area contributed by atoms with Crippen LogP contribution in [0.5, 0.6) is 5.75 Å². The van der Waals surface area contributed by atoms with Crippen LogP contribution in [0.25, 0.3) is 0 Å². The molecular weight excluding hydrogens is 256 g/mol. The first-order valence-electron chi connectivity index (χ1n) is 6.56. The number of guanidine groups is 1.